The van der Waals surface area contributed by atoms with Crippen molar-refractivity contribution in [3.63, 3.8) is 0 Å². The molecule has 0 bridgehead atoms. The van der Waals surface area contributed by atoms with Gasteiger partial charge in [0.2, 0.25) is 11.6 Å². The molecule has 56 heavy (non-hydrogen) atoms. The van der Waals surface area contributed by atoms with Gasteiger partial charge in [0.05, 0.1) is 7.11 Å². The second kappa shape index (κ2) is 18.6. The third-order valence-electron chi connectivity index (χ3n) is 7.19. The number of tetrazole rings is 1. The number of para-hydroxylation sites is 2. The van der Waals surface area contributed by atoms with Gasteiger partial charge in [-0.3, -0.25) is 14.5 Å². The first kappa shape index (κ1) is 39.9. The highest BCUT2D eigenvalue weighted by Gasteiger charge is 2.27. The molecule has 24 nitrogen and oxygen atoms in total. The van der Waals surface area contributed by atoms with Gasteiger partial charge in [0.15, 0.2) is 28.2 Å². The summed E-state index contributed by atoms with van der Waals surface area (Å²) >= 11 is 0. The van der Waals surface area contributed by atoms with Crippen molar-refractivity contribution in [3.8, 4) is 46.0 Å². The van der Waals surface area contributed by atoms with Gasteiger partial charge in [0.25, 0.3) is 26.1 Å². The maximum Gasteiger partial charge on any atom is 0.305 e. The molecule has 1 atom stereocenters. The zero-order chi connectivity index (χ0) is 40.1. The first-order valence-electron chi connectivity index (χ1n) is 16.2. The number of H-pyrrole nitrogens is 1. The maximum atomic E-state index is 13.7. The van der Waals surface area contributed by atoms with E-state index in [2.05, 4.69) is 55.0 Å². The van der Waals surface area contributed by atoms with E-state index < -0.39 is 38.9 Å². The minimum Gasteiger partial charge on any atom is -0.493 e. The molecule has 1 aromatic carbocycles. The fourth-order valence-corrected chi connectivity index (χ4v) is 5.59. The highest BCUT2D eigenvalue weighted by Crippen LogP contribution is 2.41. The number of carbonyl (C=O) groups excluding carboxylic acids is 1. The molecule has 294 valence electrons. The molecule has 2 N–H and O–H groups in total. The number of anilines is 1. The van der Waals surface area contributed by atoms with Crippen molar-refractivity contribution >= 4 is 21.8 Å². The van der Waals surface area contributed by atoms with Crippen LogP contribution in [0.15, 0.2) is 66.0 Å². The first-order valence-corrected chi connectivity index (χ1v) is 17.7. The predicted octanol–water partition coefficient (Wildman–Crippen LogP) is 2.90. The molecule has 0 aliphatic rings. The van der Waals surface area contributed by atoms with Crippen LogP contribution in [0.25, 0.3) is 22.9 Å². The number of nitrogens with zero attached hydrogens (tertiary/aromatic N) is 9. The fraction of sp³-hybridized carbons (Fsp3) is 0.290. The molecule has 0 saturated heterocycles. The van der Waals surface area contributed by atoms with Gasteiger partial charge in [0, 0.05) is 24.4 Å². The van der Waals surface area contributed by atoms with Crippen LogP contribution in [-0.2, 0) is 29.2 Å². The van der Waals surface area contributed by atoms with E-state index in [1.165, 1.54) is 37.7 Å². The van der Waals surface area contributed by atoms with E-state index in [1.807, 2.05) is 0 Å². The molecule has 0 saturated carbocycles. The molecule has 25 heteroatoms. The van der Waals surface area contributed by atoms with Crippen molar-refractivity contribution in [2.45, 2.75) is 37.3 Å². The highest BCUT2D eigenvalue weighted by atomic mass is 32.2. The molecule has 0 aliphatic heterocycles. The van der Waals surface area contributed by atoms with Crippen LogP contribution in [0, 0.1) is 27.2 Å². The van der Waals surface area contributed by atoms with Gasteiger partial charge in [-0.05, 0) is 60.9 Å². The van der Waals surface area contributed by atoms with E-state index in [0.29, 0.717) is 5.56 Å². The van der Waals surface area contributed by atoms with Crippen LogP contribution < -0.4 is 18.9 Å². The van der Waals surface area contributed by atoms with Crippen molar-refractivity contribution in [1.29, 1.82) is 0 Å². The van der Waals surface area contributed by atoms with Crippen molar-refractivity contribution < 1.29 is 52.0 Å². The molecule has 0 amide bonds. The van der Waals surface area contributed by atoms with E-state index in [-0.39, 0.29) is 83.8 Å². The molecule has 4 heterocycles. The van der Waals surface area contributed by atoms with Gasteiger partial charge < -0.3 is 28.6 Å². The van der Waals surface area contributed by atoms with E-state index in [1.54, 1.807) is 37.3 Å². The van der Waals surface area contributed by atoms with E-state index >= 15 is 0 Å². The zero-order valence-corrected chi connectivity index (χ0v) is 30.2. The summed E-state index contributed by atoms with van der Waals surface area (Å²) in [6, 6.07) is 12.4. The largest absolute Gasteiger partial charge is 0.493 e. The number of aromatic amines is 1. The summed E-state index contributed by atoms with van der Waals surface area (Å²) in [5, 5.41) is 32.3. The standard InChI is InChI=1S/C31H31N11O13S/c1-19-10-11-25(33-17-19)56(48,49)38-30-27(54-24-8-4-3-7-23(24)50-2)31(35-28(34-30)20-12-13-32-22(16-20)29-36-39-40-37-29)52-15-14-51-26(43)9-5-6-21(55-42(46)47)18-53-41(44)45/h3-4,7-8,10-13,16-17,21H,5-6,9,14-15,18H2,1-2H3,(H,34,35,38)(H,36,37,39,40). The lowest BCUT2D eigenvalue weighted by Crippen LogP contribution is -2.25. The van der Waals surface area contributed by atoms with Crippen LogP contribution in [0.3, 0.4) is 0 Å². The number of hydrogen-bond acceptors (Lipinski definition) is 20. The molecule has 0 spiro atoms. The molecular formula is C31H31N11O13S. The quantitative estimate of drug-likeness (QED) is 0.0466. The Morgan fingerprint density at radius 2 is 1.80 bits per heavy atom. The number of rotatable bonds is 21. The van der Waals surface area contributed by atoms with E-state index in [4.69, 9.17) is 18.9 Å². The van der Waals surface area contributed by atoms with Gasteiger partial charge in [-0.15, -0.1) is 30.4 Å². The van der Waals surface area contributed by atoms with Gasteiger partial charge >= 0.3 is 5.97 Å². The highest BCUT2D eigenvalue weighted by molar-refractivity contribution is 7.92. The number of nitrogens with one attached hydrogen (secondary N) is 2. The summed E-state index contributed by atoms with van der Waals surface area (Å²) in [5.74, 6) is -1.24. The smallest absolute Gasteiger partial charge is 0.305 e. The lowest BCUT2D eigenvalue weighted by molar-refractivity contribution is -0.790. The molecule has 0 fully saturated rings. The number of hydrogen-bond donors (Lipinski definition) is 2. The van der Waals surface area contributed by atoms with Gasteiger partial charge in [-0.2, -0.15) is 18.6 Å². The number of aromatic nitrogens is 8. The van der Waals surface area contributed by atoms with Crippen molar-refractivity contribution in [2.24, 2.45) is 0 Å². The number of benzene rings is 1. The summed E-state index contributed by atoms with van der Waals surface area (Å²) in [7, 11) is -3.00. The summed E-state index contributed by atoms with van der Waals surface area (Å²) in [6.07, 6.45) is 1.14. The minimum absolute atomic E-state index is 0.00254. The lowest BCUT2D eigenvalue weighted by atomic mass is 10.1. The van der Waals surface area contributed by atoms with Gasteiger partial charge in [0.1, 0.15) is 31.6 Å². The third kappa shape index (κ3) is 11.1. The molecule has 5 rings (SSSR count). The molecule has 4 aromatic heterocycles. The lowest BCUT2D eigenvalue weighted by Gasteiger charge is -2.18. The Morgan fingerprint density at radius 3 is 2.50 bits per heavy atom. The van der Waals surface area contributed by atoms with Crippen LogP contribution in [0.4, 0.5) is 5.82 Å². The SMILES string of the molecule is COc1ccccc1Oc1c(NS(=O)(=O)c2ccc(C)cn2)nc(-c2ccnc(-c3nn[nH]n3)c2)nc1OCCOC(=O)CCCC(CO[N+](=O)[O-])O[N+](=O)[O-]. The average Bonchev–Trinajstić information content (AvgIpc) is 3.72. The molecule has 0 aliphatic carbocycles. The number of ether oxygens (including phenoxy) is 4. The fourth-order valence-electron chi connectivity index (χ4n) is 4.66. The first-order chi connectivity index (χ1) is 26.9. The van der Waals surface area contributed by atoms with Crippen LogP contribution in [0.1, 0.15) is 24.8 Å². The van der Waals surface area contributed by atoms with Crippen molar-refractivity contribution in [2.75, 3.05) is 31.7 Å². The number of esters is 1. The number of sulfonamides is 1. The zero-order valence-electron chi connectivity index (χ0n) is 29.3. The number of pyridine rings is 2. The Morgan fingerprint density at radius 1 is 1.00 bits per heavy atom. The monoisotopic (exact) mass is 797 g/mol. The van der Waals surface area contributed by atoms with Crippen molar-refractivity contribution in [3.05, 3.63) is 86.7 Å². The number of aryl methyl sites for hydroxylation is 1. The second-order valence-corrected chi connectivity index (χ2v) is 12.8. The summed E-state index contributed by atoms with van der Waals surface area (Å²) < 4.78 is 52.5. The Labute approximate surface area is 315 Å². The Balaban J connectivity index is 1.43. The van der Waals surface area contributed by atoms with Crippen molar-refractivity contribution in [1.82, 2.24) is 40.6 Å². The summed E-state index contributed by atoms with van der Waals surface area (Å²) in [5.41, 5.74) is 1.31. The Kier molecular flexibility index (Phi) is 13.3. The number of methoxy groups -OCH3 is 1. The van der Waals surface area contributed by atoms with Crippen LogP contribution >= 0.6 is 0 Å². The normalized spacial score (nSPS) is 11.5. The number of carbonyl (C=O) groups is 1. The Bertz CT molecular complexity index is 2250. The topological polar surface area (TPSA) is 311 Å². The van der Waals surface area contributed by atoms with Crippen LogP contribution in [0.5, 0.6) is 23.1 Å². The van der Waals surface area contributed by atoms with Gasteiger partial charge in [-0.1, -0.05) is 18.2 Å². The molecule has 0 radical (unpaired) electrons. The van der Waals surface area contributed by atoms with Crippen LogP contribution in [0.2, 0.25) is 0 Å². The van der Waals surface area contributed by atoms with Gasteiger partial charge in [-0.25, -0.2) is 9.97 Å². The van der Waals surface area contributed by atoms with Crippen LogP contribution in [-0.4, -0.2) is 98.2 Å². The average molecular weight is 798 g/mol. The second-order valence-electron chi connectivity index (χ2n) is 11.2. The summed E-state index contributed by atoms with van der Waals surface area (Å²) in [6.45, 7) is 0.336. The predicted molar refractivity (Wildman–Crippen MR) is 186 cm³/mol. The summed E-state index contributed by atoms with van der Waals surface area (Å²) in [4.78, 5) is 59.5. The van der Waals surface area contributed by atoms with E-state index in [9.17, 15) is 33.4 Å². The maximum absolute atomic E-state index is 13.7. The third-order valence-corrected chi connectivity index (χ3v) is 8.45. The Hall–Kier alpha value is -7.31. The van der Waals surface area contributed by atoms with E-state index in [0.717, 1.165) is 5.56 Å². The molecular weight excluding hydrogens is 766 g/mol. The molecule has 1 unspecified atom stereocenters. The minimum atomic E-state index is -4.41. The molecule has 5 aromatic rings.